The summed E-state index contributed by atoms with van der Waals surface area (Å²) >= 11 is 5.58. The molecule has 0 saturated heterocycles. The highest BCUT2D eigenvalue weighted by atomic mass is 35.5. The van der Waals surface area contributed by atoms with Gasteiger partial charge >= 0.3 is 5.69 Å². The normalized spacial score (nSPS) is 10.5. The van der Waals surface area contributed by atoms with Gasteiger partial charge in [0.15, 0.2) is 0 Å². The average Bonchev–Trinajstić information content (AvgIpc) is 2.46. The molecular weight excluding hydrogens is 196 g/mol. The number of nitrogens with zero attached hydrogens (tertiary/aromatic N) is 4. The Kier molecular flexibility index (Phi) is 1.63. The van der Waals surface area contributed by atoms with Gasteiger partial charge in [-0.3, -0.25) is 10.1 Å². The molecule has 2 aromatic heterocycles. The summed E-state index contributed by atoms with van der Waals surface area (Å²) < 4.78 is 1.30. The zero-order chi connectivity index (χ0) is 9.42. The molecule has 13 heavy (non-hydrogen) atoms. The highest BCUT2D eigenvalue weighted by molar-refractivity contribution is 6.29. The van der Waals surface area contributed by atoms with Crippen molar-refractivity contribution in [1.29, 1.82) is 0 Å². The maximum Gasteiger partial charge on any atom is 0.333 e. The molecule has 0 bridgehead atoms. The van der Waals surface area contributed by atoms with E-state index in [-0.39, 0.29) is 16.5 Å². The molecule has 6 nitrogen and oxygen atoms in total. The third kappa shape index (κ3) is 1.20. The first-order valence-electron chi connectivity index (χ1n) is 3.33. The van der Waals surface area contributed by atoms with Crippen LogP contribution >= 0.6 is 11.6 Å². The van der Waals surface area contributed by atoms with E-state index >= 15 is 0 Å². The van der Waals surface area contributed by atoms with Crippen LogP contribution in [0.5, 0.6) is 0 Å². The van der Waals surface area contributed by atoms with E-state index in [1.807, 2.05) is 0 Å². The van der Waals surface area contributed by atoms with Gasteiger partial charge in [-0.1, -0.05) is 11.6 Å². The van der Waals surface area contributed by atoms with Crippen LogP contribution in [0, 0.1) is 10.1 Å². The van der Waals surface area contributed by atoms with Crippen molar-refractivity contribution in [2.45, 2.75) is 0 Å². The summed E-state index contributed by atoms with van der Waals surface area (Å²) in [5.74, 6) is 0. The standard InChI is InChI=1S/C6H3ClN4O2/c7-5-1-2-10-6(9-5)4(3-8-10)11(12)13/h1-3H. The molecule has 0 atom stereocenters. The van der Waals surface area contributed by atoms with Gasteiger partial charge in [0.2, 0.25) is 5.65 Å². The molecule has 0 fully saturated rings. The van der Waals surface area contributed by atoms with E-state index in [1.165, 1.54) is 16.8 Å². The fraction of sp³-hybridized carbons (Fsp3) is 0. The third-order valence-electron chi connectivity index (χ3n) is 1.51. The fourth-order valence-electron chi connectivity index (χ4n) is 0.964. The molecule has 0 amide bonds. The first-order chi connectivity index (χ1) is 6.18. The lowest BCUT2D eigenvalue weighted by Crippen LogP contribution is -1.91. The van der Waals surface area contributed by atoms with Crippen molar-refractivity contribution in [2.24, 2.45) is 0 Å². The number of aromatic nitrogens is 3. The van der Waals surface area contributed by atoms with E-state index in [0.717, 1.165) is 6.20 Å². The second kappa shape index (κ2) is 2.67. The van der Waals surface area contributed by atoms with Gasteiger partial charge in [0, 0.05) is 6.20 Å². The average molecular weight is 199 g/mol. The second-order valence-electron chi connectivity index (χ2n) is 2.31. The van der Waals surface area contributed by atoms with Crippen LogP contribution in [0.2, 0.25) is 5.15 Å². The lowest BCUT2D eigenvalue weighted by molar-refractivity contribution is -0.383. The third-order valence-corrected chi connectivity index (χ3v) is 1.72. The summed E-state index contributed by atoms with van der Waals surface area (Å²) in [4.78, 5) is 13.7. The highest BCUT2D eigenvalue weighted by Crippen LogP contribution is 2.17. The van der Waals surface area contributed by atoms with Gasteiger partial charge in [-0.05, 0) is 6.07 Å². The van der Waals surface area contributed by atoms with Crippen molar-refractivity contribution >= 4 is 22.9 Å². The minimum absolute atomic E-state index is 0.150. The second-order valence-corrected chi connectivity index (χ2v) is 2.69. The number of hydrogen-bond acceptors (Lipinski definition) is 4. The quantitative estimate of drug-likeness (QED) is 0.393. The van der Waals surface area contributed by atoms with Crippen LogP contribution < -0.4 is 0 Å². The lowest BCUT2D eigenvalue weighted by Gasteiger charge is -1.91. The SMILES string of the molecule is O=[N+]([O-])c1cnn2ccc(Cl)nc12. The summed E-state index contributed by atoms with van der Waals surface area (Å²) in [5, 5.41) is 14.4. The lowest BCUT2D eigenvalue weighted by atomic mass is 10.5. The van der Waals surface area contributed by atoms with E-state index in [0.29, 0.717) is 0 Å². The Morgan fingerprint density at radius 2 is 2.38 bits per heavy atom. The van der Waals surface area contributed by atoms with Gasteiger partial charge in [-0.2, -0.15) is 5.10 Å². The van der Waals surface area contributed by atoms with Crippen LogP contribution in [-0.2, 0) is 0 Å². The van der Waals surface area contributed by atoms with Crippen molar-refractivity contribution in [3.8, 4) is 0 Å². The van der Waals surface area contributed by atoms with Gasteiger partial charge in [-0.25, -0.2) is 9.50 Å². The molecular formula is C6H3ClN4O2. The number of hydrogen-bond donors (Lipinski definition) is 0. The molecule has 0 aromatic carbocycles. The zero-order valence-corrected chi connectivity index (χ0v) is 6.97. The molecule has 0 spiro atoms. The highest BCUT2D eigenvalue weighted by Gasteiger charge is 2.15. The molecule has 0 saturated carbocycles. The topological polar surface area (TPSA) is 73.3 Å². The number of fused-ring (bicyclic) bond motifs is 1. The molecule has 0 aliphatic heterocycles. The number of nitro groups is 1. The predicted octanol–water partition coefficient (Wildman–Crippen LogP) is 1.29. The van der Waals surface area contributed by atoms with Crippen molar-refractivity contribution in [3.05, 3.63) is 33.7 Å². The maximum absolute atomic E-state index is 10.5. The van der Waals surface area contributed by atoms with Crippen molar-refractivity contribution < 1.29 is 4.92 Å². The summed E-state index contributed by atoms with van der Waals surface area (Å²) in [6, 6.07) is 1.51. The van der Waals surface area contributed by atoms with Gasteiger partial charge in [0.25, 0.3) is 0 Å². The van der Waals surface area contributed by atoms with E-state index in [2.05, 4.69) is 10.1 Å². The van der Waals surface area contributed by atoms with Gasteiger partial charge in [0.05, 0.1) is 4.92 Å². The van der Waals surface area contributed by atoms with Crippen LogP contribution in [0.25, 0.3) is 5.65 Å². The molecule has 0 unspecified atom stereocenters. The Bertz CT molecular complexity index is 480. The molecule has 0 aliphatic rings. The van der Waals surface area contributed by atoms with Crippen LogP contribution in [0.1, 0.15) is 0 Å². The van der Waals surface area contributed by atoms with Crippen molar-refractivity contribution in [3.63, 3.8) is 0 Å². The van der Waals surface area contributed by atoms with Crippen molar-refractivity contribution in [1.82, 2.24) is 14.6 Å². The summed E-state index contributed by atoms with van der Waals surface area (Å²) in [6.07, 6.45) is 2.65. The molecule has 0 radical (unpaired) electrons. The van der Waals surface area contributed by atoms with Crippen LogP contribution in [0.4, 0.5) is 5.69 Å². The number of rotatable bonds is 1. The largest absolute Gasteiger partial charge is 0.333 e. The van der Waals surface area contributed by atoms with E-state index in [9.17, 15) is 10.1 Å². The summed E-state index contributed by atoms with van der Waals surface area (Å²) in [5.41, 5.74) is 0.000000000000000888. The van der Waals surface area contributed by atoms with Crippen LogP contribution in [0.3, 0.4) is 0 Å². The van der Waals surface area contributed by atoms with Gasteiger partial charge < -0.3 is 0 Å². The molecule has 7 heteroatoms. The Balaban J connectivity index is 2.79. The Hall–Kier alpha value is -1.69. The van der Waals surface area contributed by atoms with E-state index < -0.39 is 4.92 Å². The van der Waals surface area contributed by atoms with Crippen LogP contribution in [0.15, 0.2) is 18.5 Å². The Labute approximate surface area is 76.9 Å². The van der Waals surface area contributed by atoms with E-state index in [4.69, 9.17) is 11.6 Å². The zero-order valence-electron chi connectivity index (χ0n) is 6.22. The monoisotopic (exact) mass is 198 g/mol. The summed E-state index contributed by atoms with van der Waals surface area (Å²) in [6.45, 7) is 0. The van der Waals surface area contributed by atoms with E-state index in [1.54, 1.807) is 0 Å². The maximum atomic E-state index is 10.5. The molecule has 2 aromatic rings. The number of halogens is 1. The first-order valence-corrected chi connectivity index (χ1v) is 3.70. The molecule has 0 N–H and O–H groups in total. The molecule has 66 valence electrons. The Morgan fingerprint density at radius 3 is 3.08 bits per heavy atom. The minimum Gasteiger partial charge on any atom is -0.258 e. The summed E-state index contributed by atoms with van der Waals surface area (Å²) in [7, 11) is 0. The first kappa shape index (κ1) is 7.93. The minimum atomic E-state index is -0.550. The smallest absolute Gasteiger partial charge is 0.258 e. The molecule has 2 rings (SSSR count). The van der Waals surface area contributed by atoms with Crippen molar-refractivity contribution in [2.75, 3.05) is 0 Å². The Morgan fingerprint density at radius 1 is 1.62 bits per heavy atom. The van der Waals surface area contributed by atoms with Gasteiger partial charge in [0.1, 0.15) is 11.3 Å². The van der Waals surface area contributed by atoms with Gasteiger partial charge in [-0.15, -0.1) is 0 Å². The molecule has 0 aliphatic carbocycles. The van der Waals surface area contributed by atoms with Crippen LogP contribution in [-0.4, -0.2) is 19.5 Å². The molecule has 2 heterocycles. The fourth-order valence-corrected chi connectivity index (χ4v) is 1.10. The predicted molar refractivity (Wildman–Crippen MR) is 44.7 cm³/mol.